The van der Waals surface area contributed by atoms with Gasteiger partial charge in [-0.05, 0) is 31.7 Å². The summed E-state index contributed by atoms with van der Waals surface area (Å²) in [6, 6.07) is 1.93. The maximum absolute atomic E-state index is 12.9. The molecule has 31 heavy (non-hydrogen) atoms. The van der Waals surface area contributed by atoms with Crippen LogP contribution < -0.4 is 0 Å². The number of hydrogen-bond donors (Lipinski definition) is 0. The van der Waals surface area contributed by atoms with E-state index in [1.54, 1.807) is 11.1 Å². The minimum Gasteiger partial charge on any atom is -0.381 e. The Labute approximate surface area is 184 Å². The summed E-state index contributed by atoms with van der Waals surface area (Å²) in [5, 5.41) is 0. The molecule has 0 saturated carbocycles. The second kappa shape index (κ2) is 8.46. The molecule has 4 heterocycles. The van der Waals surface area contributed by atoms with E-state index in [0.29, 0.717) is 18.0 Å². The van der Waals surface area contributed by atoms with Crippen molar-refractivity contribution in [2.45, 2.75) is 52.5 Å². The standard InChI is InChI=1S/C24H33N5O2/c1-6-27(5)22(30)18-13-19(21-25-9-10-28(21)15-18)20-16-29(23(26-20)24(2,3)4)14-17-7-11-31-12-8-17/h9-10,13,15-17H,6-8,11-12,14H2,1-5H3. The molecule has 0 radical (unpaired) electrons. The van der Waals surface area contributed by atoms with Crippen molar-refractivity contribution in [3.05, 3.63) is 42.2 Å². The van der Waals surface area contributed by atoms with Gasteiger partial charge in [0.05, 0.1) is 11.3 Å². The van der Waals surface area contributed by atoms with Crippen LogP contribution in [0.2, 0.25) is 0 Å². The van der Waals surface area contributed by atoms with Gasteiger partial charge in [-0.1, -0.05) is 20.8 Å². The van der Waals surface area contributed by atoms with E-state index < -0.39 is 0 Å². The zero-order valence-electron chi connectivity index (χ0n) is 19.3. The van der Waals surface area contributed by atoms with Crippen LogP contribution in [0.4, 0.5) is 0 Å². The van der Waals surface area contributed by atoms with E-state index >= 15 is 0 Å². The van der Waals surface area contributed by atoms with E-state index in [1.165, 1.54) is 0 Å². The fourth-order valence-electron chi connectivity index (χ4n) is 4.19. The van der Waals surface area contributed by atoms with Crippen molar-refractivity contribution < 1.29 is 9.53 Å². The monoisotopic (exact) mass is 423 g/mol. The number of hydrogen-bond acceptors (Lipinski definition) is 4. The molecule has 4 rings (SSSR count). The summed E-state index contributed by atoms with van der Waals surface area (Å²) in [5.74, 6) is 1.65. The number of amides is 1. The van der Waals surface area contributed by atoms with Crippen LogP contribution in [0.3, 0.4) is 0 Å². The van der Waals surface area contributed by atoms with Gasteiger partial charge in [0.2, 0.25) is 0 Å². The molecule has 7 heteroatoms. The molecule has 1 aliphatic heterocycles. The van der Waals surface area contributed by atoms with Gasteiger partial charge in [0.25, 0.3) is 5.91 Å². The maximum Gasteiger partial charge on any atom is 0.255 e. The minimum absolute atomic E-state index is 0.00275. The molecule has 1 fully saturated rings. The number of fused-ring (bicyclic) bond motifs is 1. The van der Waals surface area contributed by atoms with Gasteiger partial charge < -0.3 is 18.6 Å². The fraction of sp³-hybridized carbons (Fsp3) is 0.542. The highest BCUT2D eigenvalue weighted by Crippen LogP contribution is 2.31. The fourth-order valence-corrected chi connectivity index (χ4v) is 4.19. The Kier molecular flexibility index (Phi) is 5.88. The number of carbonyl (C=O) groups excluding carboxylic acids is 1. The Morgan fingerprint density at radius 1 is 1.26 bits per heavy atom. The molecule has 1 saturated heterocycles. The summed E-state index contributed by atoms with van der Waals surface area (Å²) in [5.41, 5.74) is 3.11. The van der Waals surface area contributed by atoms with E-state index in [-0.39, 0.29) is 11.3 Å². The Morgan fingerprint density at radius 3 is 2.68 bits per heavy atom. The van der Waals surface area contributed by atoms with Crippen molar-refractivity contribution >= 4 is 11.6 Å². The zero-order chi connectivity index (χ0) is 22.2. The van der Waals surface area contributed by atoms with Crippen LogP contribution in [0, 0.1) is 5.92 Å². The largest absolute Gasteiger partial charge is 0.381 e. The van der Waals surface area contributed by atoms with Gasteiger partial charge in [-0.15, -0.1) is 0 Å². The molecule has 0 N–H and O–H groups in total. The number of ether oxygens (including phenoxy) is 1. The first kappa shape index (κ1) is 21.6. The van der Waals surface area contributed by atoms with Gasteiger partial charge in [0, 0.05) is 69.1 Å². The van der Waals surface area contributed by atoms with Crippen molar-refractivity contribution in [3.8, 4) is 11.3 Å². The molecule has 0 unspecified atom stereocenters. The third-order valence-corrected chi connectivity index (χ3v) is 6.07. The molecular weight excluding hydrogens is 390 g/mol. The molecule has 0 bridgehead atoms. The first-order valence-corrected chi connectivity index (χ1v) is 11.2. The van der Waals surface area contributed by atoms with Crippen molar-refractivity contribution in [3.63, 3.8) is 0 Å². The van der Waals surface area contributed by atoms with Crippen molar-refractivity contribution in [1.29, 1.82) is 0 Å². The van der Waals surface area contributed by atoms with Gasteiger partial charge >= 0.3 is 0 Å². The number of carbonyl (C=O) groups is 1. The van der Waals surface area contributed by atoms with Crippen LogP contribution in [-0.4, -0.2) is 56.5 Å². The van der Waals surface area contributed by atoms with E-state index in [1.807, 2.05) is 36.8 Å². The molecule has 7 nitrogen and oxygen atoms in total. The topological polar surface area (TPSA) is 64.7 Å². The lowest BCUT2D eigenvalue weighted by molar-refractivity contribution is 0.0607. The second-order valence-corrected chi connectivity index (χ2v) is 9.53. The maximum atomic E-state index is 12.9. The highest BCUT2D eigenvalue weighted by Gasteiger charge is 2.26. The molecule has 3 aromatic rings. The van der Waals surface area contributed by atoms with Gasteiger partial charge in [-0.3, -0.25) is 4.79 Å². The summed E-state index contributed by atoms with van der Waals surface area (Å²) < 4.78 is 9.76. The second-order valence-electron chi connectivity index (χ2n) is 9.53. The van der Waals surface area contributed by atoms with Crippen molar-refractivity contribution in [2.75, 3.05) is 26.8 Å². The molecule has 3 aromatic heterocycles. The molecule has 0 aliphatic carbocycles. The molecular formula is C24H33N5O2. The van der Waals surface area contributed by atoms with Gasteiger partial charge in [-0.2, -0.15) is 0 Å². The van der Waals surface area contributed by atoms with Crippen LogP contribution in [0.15, 0.2) is 30.9 Å². The molecule has 1 aliphatic rings. The SMILES string of the molecule is CCN(C)C(=O)c1cc(-c2cn(CC3CCOCC3)c(C(C)(C)C)n2)c2nccn2c1. The van der Waals surface area contributed by atoms with Crippen LogP contribution in [0.1, 0.15) is 56.7 Å². The molecule has 0 spiro atoms. The summed E-state index contributed by atoms with van der Waals surface area (Å²) >= 11 is 0. The molecule has 0 aromatic carbocycles. The number of aromatic nitrogens is 4. The molecule has 1 amide bonds. The Bertz CT molecular complexity index is 1070. The van der Waals surface area contributed by atoms with E-state index in [4.69, 9.17) is 9.72 Å². The summed E-state index contributed by atoms with van der Waals surface area (Å²) in [6.07, 6.45) is 9.79. The quantitative estimate of drug-likeness (QED) is 0.622. The predicted molar refractivity (Wildman–Crippen MR) is 121 cm³/mol. The van der Waals surface area contributed by atoms with Crippen molar-refractivity contribution in [1.82, 2.24) is 23.8 Å². The first-order valence-electron chi connectivity index (χ1n) is 11.2. The Morgan fingerprint density at radius 2 is 2.00 bits per heavy atom. The third-order valence-electron chi connectivity index (χ3n) is 6.07. The average molecular weight is 424 g/mol. The zero-order valence-corrected chi connectivity index (χ0v) is 19.3. The number of nitrogens with zero attached hydrogens (tertiary/aromatic N) is 5. The summed E-state index contributed by atoms with van der Waals surface area (Å²) in [6.45, 7) is 11.8. The van der Waals surface area contributed by atoms with Gasteiger partial charge in [0.1, 0.15) is 11.5 Å². The highest BCUT2D eigenvalue weighted by atomic mass is 16.5. The smallest absolute Gasteiger partial charge is 0.255 e. The van der Waals surface area contributed by atoms with Gasteiger partial charge in [-0.25, -0.2) is 9.97 Å². The predicted octanol–water partition coefficient (Wildman–Crippen LogP) is 4.01. The molecule has 166 valence electrons. The van der Waals surface area contributed by atoms with E-state index in [0.717, 1.165) is 55.3 Å². The highest BCUT2D eigenvalue weighted by molar-refractivity contribution is 5.96. The van der Waals surface area contributed by atoms with Crippen LogP contribution in [0.5, 0.6) is 0 Å². The van der Waals surface area contributed by atoms with E-state index in [2.05, 4.69) is 36.5 Å². The summed E-state index contributed by atoms with van der Waals surface area (Å²) in [7, 11) is 1.82. The third kappa shape index (κ3) is 4.37. The Hall–Kier alpha value is -2.67. The number of rotatable bonds is 5. The molecule has 0 atom stereocenters. The lowest BCUT2D eigenvalue weighted by Gasteiger charge is -2.25. The minimum atomic E-state index is -0.0923. The first-order chi connectivity index (χ1) is 14.8. The lowest BCUT2D eigenvalue weighted by atomic mass is 9.94. The van der Waals surface area contributed by atoms with Crippen LogP contribution >= 0.6 is 0 Å². The normalized spacial score (nSPS) is 15.5. The number of pyridine rings is 1. The van der Waals surface area contributed by atoms with E-state index in [9.17, 15) is 4.79 Å². The average Bonchev–Trinajstić information content (AvgIpc) is 3.39. The van der Waals surface area contributed by atoms with Crippen molar-refractivity contribution in [2.24, 2.45) is 5.92 Å². The van der Waals surface area contributed by atoms with Crippen LogP contribution in [0.25, 0.3) is 16.9 Å². The van der Waals surface area contributed by atoms with Gasteiger partial charge in [0.15, 0.2) is 0 Å². The number of imidazole rings is 2. The van der Waals surface area contributed by atoms with Crippen LogP contribution in [-0.2, 0) is 16.7 Å². The lowest BCUT2D eigenvalue weighted by Crippen LogP contribution is -2.26. The summed E-state index contributed by atoms with van der Waals surface area (Å²) in [4.78, 5) is 24.2. The Balaban J connectivity index is 1.80.